The SMILES string of the molecule is Cc1nn(C)c2cc(NC3(c4c(F)ccc(Cl)c4Cl)CCN(C(=O)OC(C)(C)C)C3)ccc12. The van der Waals surface area contributed by atoms with Gasteiger partial charge in [-0.15, -0.1) is 0 Å². The van der Waals surface area contributed by atoms with Gasteiger partial charge in [-0.05, 0) is 64.4 Å². The van der Waals surface area contributed by atoms with Gasteiger partial charge in [0.05, 0.1) is 33.3 Å². The van der Waals surface area contributed by atoms with Crippen molar-refractivity contribution in [3.05, 3.63) is 57.5 Å². The topological polar surface area (TPSA) is 59.4 Å². The van der Waals surface area contributed by atoms with Crippen LogP contribution in [-0.2, 0) is 17.3 Å². The van der Waals surface area contributed by atoms with Gasteiger partial charge in [0.2, 0.25) is 0 Å². The zero-order valence-corrected chi connectivity index (χ0v) is 20.8. The summed E-state index contributed by atoms with van der Waals surface area (Å²) in [5.74, 6) is -0.486. The molecule has 2 aromatic carbocycles. The third-order valence-electron chi connectivity index (χ3n) is 5.86. The third-order valence-corrected chi connectivity index (χ3v) is 6.67. The third kappa shape index (κ3) is 4.49. The fourth-order valence-electron chi connectivity index (χ4n) is 4.42. The van der Waals surface area contributed by atoms with E-state index < -0.39 is 23.1 Å². The van der Waals surface area contributed by atoms with E-state index in [1.807, 2.05) is 52.9 Å². The number of nitrogens with zero attached hydrogens (tertiary/aromatic N) is 3. The molecule has 1 unspecified atom stereocenters. The number of hydrogen-bond donors (Lipinski definition) is 1. The average molecular weight is 493 g/mol. The molecule has 9 heteroatoms. The zero-order valence-electron chi connectivity index (χ0n) is 19.3. The average Bonchev–Trinajstić information content (AvgIpc) is 3.26. The van der Waals surface area contributed by atoms with E-state index in [4.69, 9.17) is 27.9 Å². The first-order chi connectivity index (χ1) is 15.4. The molecule has 0 radical (unpaired) electrons. The maximum atomic E-state index is 15.2. The number of halogens is 3. The largest absolute Gasteiger partial charge is 0.444 e. The molecule has 1 saturated heterocycles. The summed E-state index contributed by atoms with van der Waals surface area (Å²) in [4.78, 5) is 14.4. The molecule has 4 rings (SSSR count). The smallest absolute Gasteiger partial charge is 0.410 e. The molecule has 3 aromatic rings. The predicted molar refractivity (Wildman–Crippen MR) is 130 cm³/mol. The van der Waals surface area contributed by atoms with Crippen molar-refractivity contribution in [2.75, 3.05) is 18.4 Å². The summed E-state index contributed by atoms with van der Waals surface area (Å²) >= 11 is 12.8. The van der Waals surface area contributed by atoms with E-state index in [1.54, 1.807) is 9.58 Å². The molecule has 0 aliphatic carbocycles. The fourth-order valence-corrected chi connectivity index (χ4v) is 4.91. The Labute approximate surface area is 202 Å². The molecular formula is C24H27Cl2FN4O2. The highest BCUT2D eigenvalue weighted by atomic mass is 35.5. The van der Waals surface area contributed by atoms with Gasteiger partial charge in [0.1, 0.15) is 11.4 Å². The number of fused-ring (bicyclic) bond motifs is 1. The van der Waals surface area contributed by atoms with Crippen molar-refractivity contribution in [2.45, 2.75) is 45.3 Å². The Hall–Kier alpha value is -2.51. The van der Waals surface area contributed by atoms with Crippen LogP contribution in [0, 0.1) is 12.7 Å². The van der Waals surface area contributed by atoms with Crippen molar-refractivity contribution in [2.24, 2.45) is 7.05 Å². The number of amides is 1. The van der Waals surface area contributed by atoms with E-state index in [9.17, 15) is 4.79 Å². The zero-order chi connectivity index (χ0) is 24.1. The second kappa shape index (κ2) is 8.37. The van der Waals surface area contributed by atoms with E-state index in [0.29, 0.717) is 13.0 Å². The van der Waals surface area contributed by atoms with Crippen molar-refractivity contribution >= 4 is 45.9 Å². The Bertz CT molecular complexity index is 1240. The van der Waals surface area contributed by atoms with Gasteiger partial charge in [0.25, 0.3) is 0 Å². The monoisotopic (exact) mass is 492 g/mol. The molecule has 1 atom stereocenters. The van der Waals surface area contributed by atoms with E-state index in [0.717, 1.165) is 22.3 Å². The first-order valence-corrected chi connectivity index (χ1v) is 11.5. The Morgan fingerprint density at radius 2 is 1.97 bits per heavy atom. The van der Waals surface area contributed by atoms with Crippen molar-refractivity contribution < 1.29 is 13.9 Å². The van der Waals surface area contributed by atoms with Crippen LogP contribution in [0.25, 0.3) is 10.9 Å². The minimum absolute atomic E-state index is 0.132. The molecule has 1 aliphatic rings. The number of nitrogens with one attached hydrogen (secondary N) is 1. The summed E-state index contributed by atoms with van der Waals surface area (Å²) in [6.45, 7) is 7.92. The molecule has 1 N–H and O–H groups in total. The molecule has 0 spiro atoms. The minimum atomic E-state index is -0.996. The van der Waals surface area contributed by atoms with Gasteiger partial charge in [0.15, 0.2) is 0 Å². The van der Waals surface area contributed by atoms with Gasteiger partial charge in [-0.25, -0.2) is 9.18 Å². The molecule has 0 saturated carbocycles. The standard InChI is InChI=1S/C24H27Cl2FN4O2/c1-14-16-7-6-15(12-19(16)30(5)29-14)28-24(20-18(27)9-8-17(25)21(20)26)10-11-31(13-24)22(32)33-23(2,3)4/h6-9,12,28H,10-11,13H2,1-5H3. The number of benzene rings is 2. The van der Waals surface area contributed by atoms with Crippen molar-refractivity contribution in [1.82, 2.24) is 14.7 Å². The lowest BCUT2D eigenvalue weighted by Gasteiger charge is -2.34. The molecule has 6 nitrogen and oxygen atoms in total. The number of likely N-dealkylation sites (tertiary alicyclic amines) is 1. The molecule has 0 bridgehead atoms. The van der Waals surface area contributed by atoms with Crippen LogP contribution < -0.4 is 5.32 Å². The Balaban J connectivity index is 1.77. The van der Waals surface area contributed by atoms with Crippen LogP contribution in [-0.4, -0.2) is 39.5 Å². The van der Waals surface area contributed by atoms with E-state index in [1.165, 1.54) is 12.1 Å². The van der Waals surface area contributed by atoms with Crippen LogP contribution >= 0.6 is 23.2 Å². The Morgan fingerprint density at radius 3 is 2.67 bits per heavy atom. The molecule has 176 valence electrons. The number of rotatable bonds is 3. The first kappa shape index (κ1) is 23.6. The lowest BCUT2D eigenvalue weighted by Crippen LogP contribution is -2.42. The number of carbonyl (C=O) groups excluding carboxylic acids is 1. The minimum Gasteiger partial charge on any atom is -0.444 e. The van der Waals surface area contributed by atoms with Crippen LogP contribution in [0.3, 0.4) is 0 Å². The molecule has 2 heterocycles. The van der Waals surface area contributed by atoms with Gasteiger partial charge in [0, 0.05) is 30.2 Å². The summed E-state index contributed by atoms with van der Waals surface area (Å²) in [6.07, 6.45) is -0.0338. The maximum absolute atomic E-state index is 15.2. The fraction of sp³-hybridized carbons (Fsp3) is 0.417. The number of aromatic nitrogens is 2. The van der Waals surface area contributed by atoms with E-state index >= 15 is 4.39 Å². The summed E-state index contributed by atoms with van der Waals surface area (Å²) < 4.78 is 22.6. The van der Waals surface area contributed by atoms with Gasteiger partial charge in [-0.1, -0.05) is 23.2 Å². The van der Waals surface area contributed by atoms with E-state index in [2.05, 4.69) is 10.4 Å². The van der Waals surface area contributed by atoms with Crippen molar-refractivity contribution in [1.29, 1.82) is 0 Å². The van der Waals surface area contributed by atoms with Crippen LogP contribution in [0.4, 0.5) is 14.9 Å². The maximum Gasteiger partial charge on any atom is 0.410 e. The van der Waals surface area contributed by atoms with Gasteiger partial charge in [-0.2, -0.15) is 5.10 Å². The number of aryl methyl sites for hydroxylation is 2. The quantitative estimate of drug-likeness (QED) is 0.437. The second-order valence-corrected chi connectivity index (χ2v) is 10.3. The summed E-state index contributed by atoms with van der Waals surface area (Å²) in [7, 11) is 1.88. The van der Waals surface area contributed by atoms with Crippen LogP contribution in [0.5, 0.6) is 0 Å². The van der Waals surface area contributed by atoms with Crippen LogP contribution in [0.1, 0.15) is 38.4 Å². The number of hydrogen-bond acceptors (Lipinski definition) is 4. The highest BCUT2D eigenvalue weighted by Gasteiger charge is 2.46. The van der Waals surface area contributed by atoms with Crippen LogP contribution in [0.15, 0.2) is 30.3 Å². The van der Waals surface area contributed by atoms with Gasteiger partial charge in [-0.3, -0.25) is 4.68 Å². The Kier molecular flexibility index (Phi) is 5.99. The first-order valence-electron chi connectivity index (χ1n) is 10.7. The van der Waals surface area contributed by atoms with Crippen molar-refractivity contribution in [3.63, 3.8) is 0 Å². The Morgan fingerprint density at radius 1 is 1.24 bits per heavy atom. The lowest BCUT2D eigenvalue weighted by molar-refractivity contribution is 0.0286. The molecule has 1 aliphatic heterocycles. The number of anilines is 1. The highest BCUT2D eigenvalue weighted by Crippen LogP contribution is 2.43. The highest BCUT2D eigenvalue weighted by molar-refractivity contribution is 6.42. The summed E-state index contributed by atoms with van der Waals surface area (Å²) in [5, 5.41) is 9.37. The van der Waals surface area contributed by atoms with Crippen LogP contribution in [0.2, 0.25) is 10.0 Å². The number of carbonyl (C=O) groups is 1. The van der Waals surface area contributed by atoms with Crippen molar-refractivity contribution in [3.8, 4) is 0 Å². The molecular weight excluding hydrogens is 466 g/mol. The molecule has 33 heavy (non-hydrogen) atoms. The molecule has 1 aromatic heterocycles. The normalized spacial score (nSPS) is 18.7. The number of ether oxygens (including phenoxy) is 1. The predicted octanol–water partition coefficient (Wildman–Crippen LogP) is 6.28. The molecule has 1 amide bonds. The lowest BCUT2D eigenvalue weighted by atomic mass is 9.87. The van der Waals surface area contributed by atoms with Gasteiger partial charge < -0.3 is 15.0 Å². The van der Waals surface area contributed by atoms with E-state index in [-0.39, 0.29) is 22.2 Å². The second-order valence-electron chi connectivity index (χ2n) is 9.52. The van der Waals surface area contributed by atoms with Gasteiger partial charge >= 0.3 is 6.09 Å². The summed E-state index contributed by atoms with van der Waals surface area (Å²) in [5.41, 5.74) is 1.22. The molecule has 1 fully saturated rings. The summed E-state index contributed by atoms with van der Waals surface area (Å²) in [6, 6.07) is 8.59.